The van der Waals surface area contributed by atoms with Crippen LogP contribution in [0.2, 0.25) is 0 Å². The van der Waals surface area contributed by atoms with Crippen molar-refractivity contribution in [3.63, 3.8) is 0 Å². The Morgan fingerprint density at radius 3 is 2.57 bits per heavy atom. The van der Waals surface area contributed by atoms with Crippen LogP contribution in [0.1, 0.15) is 60.0 Å². The Morgan fingerprint density at radius 1 is 0.946 bits per heavy atom. The first-order valence-electron chi connectivity index (χ1n) is 13.4. The predicted octanol–water partition coefficient (Wildman–Crippen LogP) is 3.04. The van der Waals surface area contributed by atoms with Crippen LogP contribution in [0.3, 0.4) is 0 Å². The van der Waals surface area contributed by atoms with Crippen molar-refractivity contribution in [3.05, 3.63) is 65.2 Å². The lowest BCUT2D eigenvalue weighted by atomic mass is 9.89. The van der Waals surface area contributed by atoms with E-state index >= 15 is 0 Å². The third-order valence-electron chi connectivity index (χ3n) is 8.12. The van der Waals surface area contributed by atoms with Gasteiger partial charge in [0.25, 0.3) is 5.91 Å². The number of hydrogen-bond acceptors (Lipinski definition) is 6. The Balaban J connectivity index is 1.06. The summed E-state index contributed by atoms with van der Waals surface area (Å²) in [4.78, 5) is 40.9. The Morgan fingerprint density at radius 2 is 1.76 bits per heavy atom. The fourth-order valence-corrected chi connectivity index (χ4v) is 6.07. The lowest BCUT2D eigenvalue weighted by Crippen LogP contribution is -2.61. The van der Waals surface area contributed by atoms with Gasteiger partial charge in [-0.3, -0.25) is 24.6 Å². The second-order valence-corrected chi connectivity index (χ2v) is 10.6. The zero-order valence-electron chi connectivity index (χ0n) is 20.9. The van der Waals surface area contributed by atoms with Crippen molar-refractivity contribution in [1.82, 2.24) is 15.1 Å². The number of likely N-dealkylation sites (tertiary alicyclic amines) is 1. The van der Waals surface area contributed by atoms with Crippen LogP contribution < -0.4 is 10.1 Å². The molecule has 3 atom stereocenters. The number of benzene rings is 2. The van der Waals surface area contributed by atoms with Crippen molar-refractivity contribution >= 4 is 17.7 Å². The van der Waals surface area contributed by atoms with Crippen molar-refractivity contribution in [1.29, 1.82) is 0 Å². The van der Waals surface area contributed by atoms with Gasteiger partial charge < -0.3 is 14.4 Å². The van der Waals surface area contributed by atoms with Crippen LogP contribution >= 0.6 is 0 Å². The standard InChI is InChI=1S/C29H33N3O5/c33-27-13-12-25(28(34)30-27)32-15-20-14-21(10-11-23(20)29(32)35)37-26-9-5-4-8-24(26)31-16-22(17-31)36-18-19-6-2-1-3-7-19/h1-3,6-7,10-11,14,22,24-26H,4-5,8-9,12-13,15-18H2,(H,30,33,34)/t24-,25?,26+/m1/s1. The molecule has 3 fully saturated rings. The molecule has 1 N–H and O–H groups in total. The summed E-state index contributed by atoms with van der Waals surface area (Å²) < 4.78 is 12.6. The molecular formula is C29H33N3O5. The minimum absolute atomic E-state index is 0.102. The second kappa shape index (κ2) is 10.3. The third-order valence-corrected chi connectivity index (χ3v) is 8.12. The third kappa shape index (κ3) is 5.00. The zero-order valence-corrected chi connectivity index (χ0v) is 20.9. The highest BCUT2D eigenvalue weighted by atomic mass is 16.5. The van der Waals surface area contributed by atoms with E-state index in [0.717, 1.165) is 43.7 Å². The number of imide groups is 1. The molecule has 3 heterocycles. The molecule has 0 bridgehead atoms. The molecule has 194 valence electrons. The summed E-state index contributed by atoms with van der Waals surface area (Å²) in [5.74, 6) is -0.0568. The summed E-state index contributed by atoms with van der Waals surface area (Å²) in [6.45, 7) is 2.86. The summed E-state index contributed by atoms with van der Waals surface area (Å²) in [6, 6.07) is 15.7. The van der Waals surface area contributed by atoms with Crippen molar-refractivity contribution in [2.24, 2.45) is 0 Å². The van der Waals surface area contributed by atoms with Gasteiger partial charge in [-0.25, -0.2) is 0 Å². The normalized spacial score (nSPS) is 26.5. The van der Waals surface area contributed by atoms with Crippen LogP contribution in [-0.2, 0) is 27.5 Å². The smallest absolute Gasteiger partial charge is 0.255 e. The number of hydrogen-bond donors (Lipinski definition) is 1. The molecule has 0 aromatic heterocycles. The zero-order chi connectivity index (χ0) is 25.4. The SMILES string of the molecule is O=C1CCC(N2Cc3cc(O[C@H]4CCCC[C@H]4N4CC(OCc5ccccc5)C4)ccc3C2=O)C(=O)N1. The van der Waals surface area contributed by atoms with Crippen molar-refractivity contribution in [3.8, 4) is 5.75 Å². The first-order chi connectivity index (χ1) is 18.0. The lowest BCUT2D eigenvalue weighted by molar-refractivity contribution is -0.136. The van der Waals surface area contributed by atoms with E-state index < -0.39 is 6.04 Å². The number of piperidine rings is 1. The van der Waals surface area contributed by atoms with Crippen molar-refractivity contribution < 1.29 is 23.9 Å². The monoisotopic (exact) mass is 503 g/mol. The van der Waals surface area contributed by atoms with E-state index in [1.54, 1.807) is 4.90 Å². The Hall–Kier alpha value is -3.23. The van der Waals surface area contributed by atoms with Crippen LogP contribution in [0.5, 0.6) is 5.75 Å². The average molecular weight is 504 g/mol. The molecule has 2 saturated heterocycles. The van der Waals surface area contributed by atoms with E-state index in [-0.39, 0.29) is 36.4 Å². The van der Waals surface area contributed by atoms with E-state index in [0.29, 0.717) is 31.2 Å². The molecule has 0 spiro atoms. The van der Waals surface area contributed by atoms with Crippen molar-refractivity contribution in [2.75, 3.05) is 13.1 Å². The van der Waals surface area contributed by atoms with Gasteiger partial charge >= 0.3 is 0 Å². The van der Waals surface area contributed by atoms with Gasteiger partial charge in [0.2, 0.25) is 11.8 Å². The van der Waals surface area contributed by atoms with E-state index in [1.807, 2.05) is 36.4 Å². The molecule has 8 nitrogen and oxygen atoms in total. The number of amides is 3. The van der Waals surface area contributed by atoms with Gasteiger partial charge in [-0.05, 0) is 55.0 Å². The lowest BCUT2D eigenvalue weighted by Gasteiger charge is -2.48. The highest BCUT2D eigenvalue weighted by Gasteiger charge is 2.41. The number of nitrogens with zero attached hydrogens (tertiary/aromatic N) is 2. The molecule has 1 unspecified atom stereocenters. The molecule has 2 aromatic rings. The molecule has 3 amide bonds. The Labute approximate surface area is 216 Å². The van der Waals surface area contributed by atoms with Crippen molar-refractivity contribution in [2.45, 2.75) is 76.0 Å². The van der Waals surface area contributed by atoms with Crippen LogP contribution in [0.4, 0.5) is 0 Å². The van der Waals surface area contributed by atoms with Crippen LogP contribution in [0.25, 0.3) is 0 Å². The molecule has 6 rings (SSSR count). The minimum atomic E-state index is -0.604. The Kier molecular flexibility index (Phi) is 6.69. The highest BCUT2D eigenvalue weighted by Crippen LogP contribution is 2.34. The maximum absolute atomic E-state index is 13.0. The van der Waals surface area contributed by atoms with E-state index in [1.165, 1.54) is 12.0 Å². The molecular weight excluding hydrogens is 470 g/mol. The first-order valence-corrected chi connectivity index (χ1v) is 13.4. The maximum atomic E-state index is 13.0. The number of carbonyl (C=O) groups excluding carboxylic acids is 3. The topological polar surface area (TPSA) is 88.2 Å². The quantitative estimate of drug-likeness (QED) is 0.585. The molecule has 3 aliphatic heterocycles. The first kappa shape index (κ1) is 24.1. The van der Waals surface area contributed by atoms with Gasteiger partial charge in [-0.1, -0.05) is 36.8 Å². The second-order valence-electron chi connectivity index (χ2n) is 10.6. The van der Waals surface area contributed by atoms with E-state index in [2.05, 4.69) is 22.3 Å². The molecule has 4 aliphatic rings. The van der Waals surface area contributed by atoms with E-state index in [9.17, 15) is 14.4 Å². The predicted molar refractivity (Wildman–Crippen MR) is 136 cm³/mol. The maximum Gasteiger partial charge on any atom is 0.255 e. The summed E-state index contributed by atoms with van der Waals surface area (Å²) in [5, 5.41) is 2.35. The number of carbonyl (C=O) groups is 3. The molecule has 1 saturated carbocycles. The van der Waals surface area contributed by atoms with Crippen LogP contribution in [0.15, 0.2) is 48.5 Å². The largest absolute Gasteiger partial charge is 0.489 e. The van der Waals surface area contributed by atoms with Gasteiger partial charge in [-0.15, -0.1) is 0 Å². The summed E-state index contributed by atoms with van der Waals surface area (Å²) in [7, 11) is 0. The van der Waals surface area contributed by atoms with Crippen LogP contribution in [0, 0.1) is 0 Å². The number of fused-ring (bicyclic) bond motifs is 1. The van der Waals surface area contributed by atoms with Gasteiger partial charge in [0.05, 0.1) is 12.7 Å². The molecule has 37 heavy (non-hydrogen) atoms. The van der Waals surface area contributed by atoms with Gasteiger partial charge in [0, 0.05) is 37.7 Å². The summed E-state index contributed by atoms with van der Waals surface area (Å²) in [5.41, 5.74) is 2.68. The fourth-order valence-electron chi connectivity index (χ4n) is 6.07. The summed E-state index contributed by atoms with van der Waals surface area (Å²) in [6.07, 6.45) is 5.45. The summed E-state index contributed by atoms with van der Waals surface area (Å²) >= 11 is 0. The van der Waals surface area contributed by atoms with Crippen LogP contribution in [-0.4, -0.2) is 64.9 Å². The number of ether oxygens (including phenoxy) is 2. The minimum Gasteiger partial charge on any atom is -0.489 e. The molecule has 1 aliphatic carbocycles. The van der Waals surface area contributed by atoms with Gasteiger partial charge in [-0.2, -0.15) is 0 Å². The van der Waals surface area contributed by atoms with Gasteiger partial charge in [0.1, 0.15) is 17.9 Å². The number of rotatable bonds is 7. The van der Waals surface area contributed by atoms with E-state index in [4.69, 9.17) is 9.47 Å². The Bertz CT molecular complexity index is 1180. The van der Waals surface area contributed by atoms with Gasteiger partial charge in [0.15, 0.2) is 0 Å². The molecule has 2 aromatic carbocycles. The highest BCUT2D eigenvalue weighted by molar-refractivity contribution is 6.05. The fraction of sp³-hybridized carbons (Fsp3) is 0.483. The average Bonchev–Trinajstić information content (AvgIpc) is 3.20. The number of nitrogens with one attached hydrogen (secondary N) is 1. The molecule has 8 heteroatoms. The molecule has 0 radical (unpaired) electrons.